The number of carbonyl (C=O) groups excluding carboxylic acids is 1. The van der Waals surface area contributed by atoms with Crippen LogP contribution in [0.4, 0.5) is 4.39 Å². The van der Waals surface area contributed by atoms with Crippen molar-refractivity contribution in [3.05, 3.63) is 65.1 Å². The first kappa shape index (κ1) is 18.3. The van der Waals surface area contributed by atoms with Crippen molar-refractivity contribution in [2.24, 2.45) is 0 Å². The Morgan fingerprint density at radius 1 is 1.29 bits per heavy atom. The van der Waals surface area contributed by atoms with Gasteiger partial charge < -0.3 is 9.42 Å². The predicted octanol–water partition coefficient (Wildman–Crippen LogP) is 3.79. The summed E-state index contributed by atoms with van der Waals surface area (Å²) in [6.07, 6.45) is 3.45. The molecule has 0 saturated carbocycles. The molecule has 3 aromatic rings. The molecule has 0 unspecified atom stereocenters. The van der Waals surface area contributed by atoms with E-state index < -0.39 is 0 Å². The largest absolute Gasteiger partial charge is 0.361 e. The number of benzene rings is 1. The number of hydrogen-bond donors (Lipinski definition) is 0. The minimum absolute atomic E-state index is 0.0466. The Bertz CT molecular complexity index is 998. The SMILES string of the molecule is Cc1noc(C)c1-c1nccc([C@@H]2CCCN2C(=O)Cc2ccccc2F)n1. The van der Waals surface area contributed by atoms with Crippen LogP contribution in [0.15, 0.2) is 41.1 Å². The standard InChI is InChI=1S/C21H21FN4O2/c1-13-20(14(2)28-25-13)21-23-10-9-17(24-21)18-8-5-11-26(18)19(27)12-15-6-3-4-7-16(15)22/h3-4,6-7,9-10,18H,5,8,11-12H2,1-2H3/t18-/m0/s1. The van der Waals surface area contributed by atoms with Crippen molar-refractivity contribution in [3.63, 3.8) is 0 Å². The van der Waals surface area contributed by atoms with Gasteiger partial charge in [-0.1, -0.05) is 23.4 Å². The second-order valence-electron chi connectivity index (χ2n) is 7.02. The topological polar surface area (TPSA) is 72.1 Å². The molecule has 0 bridgehead atoms. The van der Waals surface area contributed by atoms with Gasteiger partial charge in [-0.05, 0) is 44.4 Å². The smallest absolute Gasteiger partial charge is 0.227 e. The van der Waals surface area contributed by atoms with Crippen molar-refractivity contribution in [3.8, 4) is 11.4 Å². The summed E-state index contributed by atoms with van der Waals surface area (Å²) in [4.78, 5) is 23.7. The van der Waals surface area contributed by atoms with E-state index in [1.165, 1.54) is 6.07 Å². The quantitative estimate of drug-likeness (QED) is 0.689. The number of nitrogens with zero attached hydrogens (tertiary/aromatic N) is 4. The fraction of sp³-hybridized carbons (Fsp3) is 0.333. The van der Waals surface area contributed by atoms with Gasteiger partial charge in [-0.25, -0.2) is 14.4 Å². The molecule has 28 heavy (non-hydrogen) atoms. The first-order chi connectivity index (χ1) is 13.5. The number of likely N-dealkylation sites (tertiary alicyclic amines) is 1. The van der Waals surface area contributed by atoms with Crippen molar-refractivity contribution >= 4 is 5.91 Å². The minimum Gasteiger partial charge on any atom is -0.361 e. The Morgan fingerprint density at radius 2 is 2.11 bits per heavy atom. The molecule has 0 radical (unpaired) electrons. The van der Waals surface area contributed by atoms with Gasteiger partial charge in [0.2, 0.25) is 5.91 Å². The van der Waals surface area contributed by atoms with Crippen LogP contribution in [0.3, 0.4) is 0 Å². The van der Waals surface area contributed by atoms with Crippen LogP contribution in [-0.2, 0) is 11.2 Å². The lowest BCUT2D eigenvalue weighted by Crippen LogP contribution is -2.32. The van der Waals surface area contributed by atoms with E-state index in [2.05, 4.69) is 10.1 Å². The molecule has 0 N–H and O–H groups in total. The Morgan fingerprint density at radius 3 is 2.86 bits per heavy atom. The number of halogens is 1. The minimum atomic E-state index is -0.352. The van der Waals surface area contributed by atoms with Crippen LogP contribution in [0.25, 0.3) is 11.4 Å². The second kappa shape index (κ2) is 7.50. The fourth-order valence-electron chi connectivity index (χ4n) is 3.76. The van der Waals surface area contributed by atoms with Crippen LogP contribution in [0.1, 0.15) is 41.6 Å². The van der Waals surface area contributed by atoms with Crippen molar-refractivity contribution in [1.29, 1.82) is 0 Å². The molecule has 7 heteroatoms. The van der Waals surface area contributed by atoms with Gasteiger partial charge in [-0.2, -0.15) is 0 Å². The van der Waals surface area contributed by atoms with Crippen LogP contribution in [0.2, 0.25) is 0 Å². The summed E-state index contributed by atoms with van der Waals surface area (Å²) >= 11 is 0. The first-order valence-corrected chi connectivity index (χ1v) is 9.33. The Labute approximate surface area is 162 Å². The molecule has 1 saturated heterocycles. The second-order valence-corrected chi connectivity index (χ2v) is 7.02. The zero-order valence-corrected chi connectivity index (χ0v) is 15.9. The summed E-state index contributed by atoms with van der Waals surface area (Å²) in [6.45, 7) is 4.31. The van der Waals surface area contributed by atoms with E-state index in [1.807, 2.05) is 19.9 Å². The van der Waals surface area contributed by atoms with E-state index in [0.29, 0.717) is 23.7 Å². The van der Waals surface area contributed by atoms with Crippen LogP contribution in [0, 0.1) is 19.7 Å². The summed E-state index contributed by atoms with van der Waals surface area (Å²) in [7, 11) is 0. The van der Waals surface area contributed by atoms with E-state index in [4.69, 9.17) is 9.51 Å². The van der Waals surface area contributed by atoms with Crippen molar-refractivity contribution in [2.45, 2.75) is 39.2 Å². The molecule has 1 aliphatic heterocycles. The summed E-state index contributed by atoms with van der Waals surface area (Å²) in [5.74, 6) is 0.759. The third kappa shape index (κ3) is 3.40. The highest BCUT2D eigenvalue weighted by Crippen LogP contribution is 2.33. The van der Waals surface area contributed by atoms with Crippen LogP contribution < -0.4 is 0 Å². The Hall–Kier alpha value is -3.09. The maximum atomic E-state index is 13.9. The van der Waals surface area contributed by atoms with E-state index in [-0.39, 0.29) is 24.2 Å². The predicted molar refractivity (Wildman–Crippen MR) is 101 cm³/mol. The van der Waals surface area contributed by atoms with Gasteiger partial charge in [0.05, 0.1) is 29.4 Å². The lowest BCUT2D eigenvalue weighted by atomic mass is 10.1. The van der Waals surface area contributed by atoms with Crippen LogP contribution >= 0.6 is 0 Å². The average molecular weight is 380 g/mol. The number of rotatable bonds is 4. The number of aryl methyl sites for hydroxylation is 2. The van der Waals surface area contributed by atoms with E-state index in [0.717, 1.165) is 29.8 Å². The van der Waals surface area contributed by atoms with Gasteiger partial charge in [0, 0.05) is 12.7 Å². The summed E-state index contributed by atoms with van der Waals surface area (Å²) in [5.41, 5.74) is 2.71. The van der Waals surface area contributed by atoms with Gasteiger partial charge in [-0.15, -0.1) is 0 Å². The summed E-state index contributed by atoms with van der Waals surface area (Å²) in [5, 5.41) is 3.96. The van der Waals surface area contributed by atoms with Gasteiger partial charge in [0.1, 0.15) is 11.6 Å². The number of carbonyl (C=O) groups is 1. The molecular weight excluding hydrogens is 359 g/mol. The molecule has 1 aliphatic rings. The van der Waals surface area contributed by atoms with Gasteiger partial charge in [0.15, 0.2) is 5.82 Å². The molecule has 1 atom stereocenters. The lowest BCUT2D eigenvalue weighted by Gasteiger charge is -2.24. The van der Waals surface area contributed by atoms with Crippen LogP contribution in [-0.4, -0.2) is 32.5 Å². The highest BCUT2D eigenvalue weighted by atomic mass is 19.1. The Balaban J connectivity index is 1.59. The number of aromatic nitrogens is 3. The zero-order chi connectivity index (χ0) is 19.7. The van der Waals surface area contributed by atoms with Crippen LogP contribution in [0.5, 0.6) is 0 Å². The highest BCUT2D eigenvalue weighted by molar-refractivity contribution is 5.79. The highest BCUT2D eigenvalue weighted by Gasteiger charge is 2.31. The monoisotopic (exact) mass is 380 g/mol. The third-order valence-electron chi connectivity index (χ3n) is 5.15. The molecule has 1 aromatic carbocycles. The summed E-state index contributed by atoms with van der Waals surface area (Å²) < 4.78 is 19.2. The molecule has 1 amide bonds. The van der Waals surface area contributed by atoms with Crippen molar-refractivity contribution < 1.29 is 13.7 Å². The molecule has 144 valence electrons. The van der Waals surface area contributed by atoms with Crippen molar-refractivity contribution in [1.82, 2.24) is 20.0 Å². The zero-order valence-electron chi connectivity index (χ0n) is 15.9. The molecule has 4 rings (SSSR count). The van der Waals surface area contributed by atoms with Crippen molar-refractivity contribution in [2.75, 3.05) is 6.54 Å². The maximum Gasteiger partial charge on any atom is 0.227 e. The van der Waals surface area contributed by atoms with E-state index >= 15 is 0 Å². The number of hydrogen-bond acceptors (Lipinski definition) is 5. The molecule has 6 nitrogen and oxygen atoms in total. The molecule has 3 heterocycles. The third-order valence-corrected chi connectivity index (χ3v) is 5.15. The summed E-state index contributed by atoms with van der Waals surface area (Å²) in [6, 6.07) is 8.10. The van der Waals surface area contributed by atoms with Gasteiger partial charge in [-0.3, -0.25) is 4.79 Å². The maximum absolute atomic E-state index is 13.9. The fourth-order valence-corrected chi connectivity index (χ4v) is 3.76. The molecule has 2 aromatic heterocycles. The molecule has 1 fully saturated rings. The normalized spacial score (nSPS) is 16.5. The average Bonchev–Trinajstić information content (AvgIpc) is 3.30. The molecule has 0 aliphatic carbocycles. The Kier molecular flexibility index (Phi) is 4.90. The molecule has 0 spiro atoms. The van der Waals surface area contributed by atoms with E-state index in [9.17, 15) is 9.18 Å². The van der Waals surface area contributed by atoms with E-state index in [1.54, 1.807) is 29.3 Å². The molecular formula is C21H21FN4O2. The van der Waals surface area contributed by atoms with Gasteiger partial charge >= 0.3 is 0 Å². The lowest BCUT2D eigenvalue weighted by molar-refractivity contribution is -0.131. The number of amides is 1. The van der Waals surface area contributed by atoms with Gasteiger partial charge in [0.25, 0.3) is 0 Å². The first-order valence-electron chi connectivity index (χ1n) is 9.33.